The van der Waals surface area contributed by atoms with Crippen molar-refractivity contribution in [2.75, 3.05) is 0 Å². The summed E-state index contributed by atoms with van der Waals surface area (Å²) in [6, 6.07) is 7.75. The van der Waals surface area contributed by atoms with Crippen LogP contribution >= 0.6 is 15.9 Å². The molecule has 0 saturated heterocycles. The highest BCUT2D eigenvalue weighted by Gasteiger charge is 1.98. The average Bonchev–Trinajstić information content (AvgIpc) is 2.18. The molecule has 13 heavy (non-hydrogen) atoms. The van der Waals surface area contributed by atoms with Crippen molar-refractivity contribution < 1.29 is 0 Å². The highest BCUT2D eigenvalue weighted by Crippen LogP contribution is 2.08. The van der Waals surface area contributed by atoms with Crippen molar-refractivity contribution in [3.05, 3.63) is 35.4 Å². The van der Waals surface area contributed by atoms with Crippen LogP contribution in [0.2, 0.25) is 0 Å². The highest BCUT2D eigenvalue weighted by atomic mass is 79.9. The molecule has 0 radical (unpaired) electrons. The molecule has 1 aromatic rings. The summed E-state index contributed by atoms with van der Waals surface area (Å²) in [4.78, 5) is 0. The maximum absolute atomic E-state index is 5.62. The van der Waals surface area contributed by atoms with E-state index < -0.39 is 0 Å². The van der Waals surface area contributed by atoms with Crippen molar-refractivity contribution in [2.24, 2.45) is 16.7 Å². The van der Waals surface area contributed by atoms with E-state index in [1.165, 1.54) is 0 Å². The largest absolute Gasteiger partial charge is 0.382 e. The molecule has 0 saturated carbocycles. The first kappa shape index (κ1) is 10.0. The number of alkyl halides is 1. The lowest BCUT2D eigenvalue weighted by atomic mass is 10.1. The third-order valence-corrected chi connectivity index (χ3v) is 2.21. The lowest BCUT2D eigenvalue weighted by Crippen LogP contribution is -2.23. The molecule has 0 aliphatic heterocycles. The van der Waals surface area contributed by atoms with Crippen LogP contribution in [-0.4, -0.2) is 5.84 Å². The number of hydrogen-bond donors (Lipinski definition) is 3. The number of rotatable bonds is 3. The molecule has 0 aliphatic rings. The van der Waals surface area contributed by atoms with Crippen LogP contribution in [0.1, 0.15) is 11.1 Å². The van der Waals surface area contributed by atoms with E-state index in [1.807, 2.05) is 24.3 Å². The third-order valence-electron chi connectivity index (χ3n) is 1.56. The Kier molecular flexibility index (Phi) is 3.72. The van der Waals surface area contributed by atoms with Gasteiger partial charge in [-0.15, -0.1) is 5.10 Å². The number of nitrogens with one attached hydrogen (secondary N) is 1. The van der Waals surface area contributed by atoms with Gasteiger partial charge in [-0.25, -0.2) is 11.4 Å². The summed E-state index contributed by atoms with van der Waals surface area (Å²) >= 11 is 3.36. The molecule has 70 valence electrons. The fraction of sp³-hybridized carbons (Fsp3) is 0.125. The van der Waals surface area contributed by atoms with E-state index in [0.717, 1.165) is 16.5 Å². The molecule has 5 heteroatoms. The second-order valence-electron chi connectivity index (χ2n) is 2.46. The van der Waals surface area contributed by atoms with Crippen LogP contribution in [0.3, 0.4) is 0 Å². The Morgan fingerprint density at radius 3 is 2.92 bits per heavy atom. The summed E-state index contributed by atoms with van der Waals surface area (Å²) in [5, 5.41) is 4.47. The maximum Gasteiger partial charge on any atom is 0.152 e. The molecule has 0 spiro atoms. The first-order valence-corrected chi connectivity index (χ1v) is 4.84. The lowest BCUT2D eigenvalue weighted by molar-refractivity contribution is 0.804. The third kappa shape index (κ3) is 2.71. The van der Waals surface area contributed by atoms with Gasteiger partial charge in [0.25, 0.3) is 0 Å². The molecule has 0 bridgehead atoms. The second-order valence-corrected chi connectivity index (χ2v) is 3.02. The van der Waals surface area contributed by atoms with Crippen molar-refractivity contribution in [2.45, 2.75) is 5.33 Å². The summed E-state index contributed by atoms with van der Waals surface area (Å²) in [5.74, 6) is 5.39. The Morgan fingerprint density at radius 1 is 1.54 bits per heavy atom. The topological polar surface area (TPSA) is 76.4 Å². The van der Waals surface area contributed by atoms with Crippen molar-refractivity contribution in [1.29, 1.82) is 0 Å². The summed E-state index contributed by atoms with van der Waals surface area (Å²) < 4.78 is 0. The van der Waals surface area contributed by atoms with Gasteiger partial charge in [0.2, 0.25) is 0 Å². The molecule has 0 fully saturated rings. The van der Waals surface area contributed by atoms with Crippen LogP contribution in [0.15, 0.2) is 29.4 Å². The van der Waals surface area contributed by atoms with Crippen LogP contribution < -0.4 is 17.1 Å². The average molecular weight is 243 g/mol. The van der Waals surface area contributed by atoms with E-state index in [2.05, 4.69) is 26.6 Å². The predicted molar refractivity (Wildman–Crippen MR) is 57.1 cm³/mol. The Bertz CT molecular complexity index is 311. The second kappa shape index (κ2) is 4.84. The maximum atomic E-state index is 5.62. The van der Waals surface area contributed by atoms with E-state index >= 15 is 0 Å². The van der Waals surface area contributed by atoms with Gasteiger partial charge in [0.1, 0.15) is 0 Å². The Hall–Kier alpha value is -1.07. The van der Waals surface area contributed by atoms with Crippen LogP contribution in [0.4, 0.5) is 0 Å². The summed E-state index contributed by atoms with van der Waals surface area (Å²) in [6.07, 6.45) is 0. The minimum Gasteiger partial charge on any atom is -0.382 e. The number of nitrogens with zero attached hydrogens (tertiary/aromatic N) is 1. The van der Waals surface area contributed by atoms with Crippen molar-refractivity contribution >= 4 is 21.8 Å². The van der Waals surface area contributed by atoms with Crippen molar-refractivity contribution in [1.82, 2.24) is 5.53 Å². The Morgan fingerprint density at radius 2 is 2.31 bits per heavy atom. The molecule has 1 aromatic carbocycles. The minimum absolute atomic E-state index is 0.380. The van der Waals surface area contributed by atoms with Crippen LogP contribution in [-0.2, 0) is 5.33 Å². The smallest absolute Gasteiger partial charge is 0.152 e. The fourth-order valence-corrected chi connectivity index (χ4v) is 1.30. The summed E-state index contributed by atoms with van der Waals surface area (Å²) in [7, 11) is 0. The molecule has 1 rings (SSSR count). The van der Waals surface area contributed by atoms with Crippen LogP contribution in [0, 0.1) is 0 Å². The molecule has 0 unspecified atom stereocenters. The van der Waals surface area contributed by atoms with E-state index in [0.29, 0.717) is 5.84 Å². The molecule has 5 N–H and O–H groups in total. The van der Waals surface area contributed by atoms with Crippen molar-refractivity contribution in [3.8, 4) is 0 Å². The number of benzene rings is 1. The number of nitrogens with two attached hydrogens (primary N) is 2. The number of halogens is 1. The minimum atomic E-state index is 0.380. The van der Waals surface area contributed by atoms with Gasteiger partial charge in [-0.2, -0.15) is 0 Å². The molecule has 0 aromatic heterocycles. The normalized spacial score (nSPS) is 11.4. The predicted octanol–water partition coefficient (Wildman–Crippen LogP) is 0.665. The molecule has 0 atom stereocenters. The number of amidine groups is 1. The number of hydrazone groups is 1. The van der Waals surface area contributed by atoms with E-state index in [4.69, 9.17) is 11.6 Å². The van der Waals surface area contributed by atoms with E-state index in [1.54, 1.807) is 0 Å². The fourth-order valence-electron chi connectivity index (χ4n) is 0.948. The zero-order valence-electron chi connectivity index (χ0n) is 7.00. The van der Waals surface area contributed by atoms with Gasteiger partial charge >= 0.3 is 0 Å². The summed E-state index contributed by atoms with van der Waals surface area (Å²) in [5.41, 5.74) is 9.78. The first-order valence-electron chi connectivity index (χ1n) is 3.72. The van der Waals surface area contributed by atoms with Gasteiger partial charge < -0.3 is 5.73 Å². The van der Waals surface area contributed by atoms with Crippen molar-refractivity contribution in [3.63, 3.8) is 0 Å². The standard InChI is InChI=1S/C8H11BrN4/c9-5-6-2-1-3-7(4-6)8(10)12-13-11/h1-4,13H,5,11H2,(H2,10,12). The van der Waals surface area contributed by atoms with Crippen LogP contribution in [0.5, 0.6) is 0 Å². The Balaban J connectivity index is 2.94. The summed E-state index contributed by atoms with van der Waals surface area (Å²) in [6.45, 7) is 0. The molecular weight excluding hydrogens is 232 g/mol. The van der Waals surface area contributed by atoms with Gasteiger partial charge in [0, 0.05) is 10.9 Å². The number of hydrogen-bond acceptors (Lipinski definition) is 3. The van der Waals surface area contributed by atoms with Crippen LogP contribution in [0.25, 0.3) is 0 Å². The monoisotopic (exact) mass is 242 g/mol. The SMILES string of the molecule is NN/N=C(\N)c1cccc(CBr)c1. The van der Waals surface area contributed by atoms with Gasteiger partial charge in [-0.05, 0) is 11.6 Å². The Labute approximate surface area is 85.1 Å². The van der Waals surface area contributed by atoms with E-state index in [9.17, 15) is 0 Å². The molecular formula is C8H11BrN4. The highest BCUT2D eigenvalue weighted by molar-refractivity contribution is 9.08. The van der Waals surface area contributed by atoms with Gasteiger partial charge in [-0.1, -0.05) is 34.1 Å². The zero-order chi connectivity index (χ0) is 9.68. The number of hydrazine groups is 1. The van der Waals surface area contributed by atoms with Gasteiger partial charge in [0.05, 0.1) is 0 Å². The molecule has 4 nitrogen and oxygen atoms in total. The molecule has 0 amide bonds. The van der Waals surface area contributed by atoms with Gasteiger partial charge in [-0.3, -0.25) is 0 Å². The molecule has 0 heterocycles. The quantitative estimate of drug-likeness (QED) is 0.240. The zero-order valence-corrected chi connectivity index (χ0v) is 8.58. The van der Waals surface area contributed by atoms with Gasteiger partial charge in [0.15, 0.2) is 5.84 Å². The first-order chi connectivity index (χ1) is 6.27. The lowest BCUT2D eigenvalue weighted by Gasteiger charge is -2.01. The molecule has 0 aliphatic carbocycles. The van der Waals surface area contributed by atoms with E-state index in [-0.39, 0.29) is 0 Å².